The highest BCUT2D eigenvalue weighted by Crippen LogP contribution is 2.57. The Hall–Kier alpha value is -1.32. The van der Waals surface area contributed by atoms with Crippen LogP contribution in [0, 0.1) is 10.8 Å². The number of allylic oxidation sites excluding steroid dienone is 1. The number of esters is 1. The number of rotatable bonds is 4. The van der Waals surface area contributed by atoms with E-state index >= 15 is 0 Å². The van der Waals surface area contributed by atoms with Crippen molar-refractivity contribution in [2.24, 2.45) is 10.8 Å². The lowest BCUT2D eigenvalue weighted by molar-refractivity contribution is -0.157. The average Bonchev–Trinajstić information content (AvgIpc) is 2.39. The first kappa shape index (κ1) is 13.1. The lowest BCUT2D eigenvalue weighted by Crippen LogP contribution is -2.45. The first-order valence-corrected chi connectivity index (χ1v) is 6.61. The first-order valence-electron chi connectivity index (χ1n) is 6.61. The Morgan fingerprint density at radius 2 is 1.72 bits per heavy atom. The molecule has 2 bridgehead atoms. The molecule has 0 heterocycles. The fourth-order valence-electron chi connectivity index (χ4n) is 3.22. The van der Waals surface area contributed by atoms with Crippen molar-refractivity contribution in [3.8, 4) is 0 Å². The second-order valence-electron chi connectivity index (χ2n) is 5.53. The lowest BCUT2D eigenvalue weighted by Gasteiger charge is -2.50. The standard InChI is InChI=1S/C14H20O4/c1-2-18-11(15)3-4-13-5-8-14(9-6-13,10-7-13)12(16)17/h3-4H,2,5-10H2,1H3,(H,16,17). The third-order valence-electron chi connectivity index (χ3n) is 4.62. The van der Waals surface area contributed by atoms with Gasteiger partial charge in [-0.15, -0.1) is 0 Å². The third kappa shape index (κ3) is 2.28. The van der Waals surface area contributed by atoms with Crippen LogP contribution in [0.4, 0.5) is 0 Å². The molecular weight excluding hydrogens is 232 g/mol. The van der Waals surface area contributed by atoms with Gasteiger partial charge in [0, 0.05) is 6.08 Å². The Labute approximate surface area is 107 Å². The van der Waals surface area contributed by atoms with Crippen molar-refractivity contribution in [3.05, 3.63) is 12.2 Å². The molecule has 0 saturated heterocycles. The molecule has 4 heteroatoms. The lowest BCUT2D eigenvalue weighted by atomic mass is 9.54. The predicted molar refractivity (Wildman–Crippen MR) is 66.0 cm³/mol. The molecule has 3 fully saturated rings. The molecular formula is C14H20O4. The minimum atomic E-state index is -0.648. The van der Waals surface area contributed by atoms with E-state index in [2.05, 4.69) is 0 Å². The molecule has 0 atom stereocenters. The van der Waals surface area contributed by atoms with E-state index < -0.39 is 11.4 Å². The van der Waals surface area contributed by atoms with Crippen molar-refractivity contribution < 1.29 is 19.4 Å². The van der Waals surface area contributed by atoms with Gasteiger partial charge in [-0.2, -0.15) is 0 Å². The second-order valence-corrected chi connectivity index (χ2v) is 5.53. The highest BCUT2D eigenvalue weighted by molar-refractivity contribution is 5.82. The Balaban J connectivity index is 2.01. The van der Waals surface area contributed by atoms with Crippen LogP contribution in [0.1, 0.15) is 45.4 Å². The molecule has 0 spiro atoms. The number of aliphatic carboxylic acids is 1. The number of carbonyl (C=O) groups excluding carboxylic acids is 1. The van der Waals surface area contributed by atoms with Crippen LogP contribution in [-0.4, -0.2) is 23.7 Å². The van der Waals surface area contributed by atoms with E-state index in [-0.39, 0.29) is 11.4 Å². The predicted octanol–water partition coefficient (Wildman–Crippen LogP) is 2.53. The molecule has 0 aliphatic heterocycles. The van der Waals surface area contributed by atoms with Crippen LogP contribution in [0.15, 0.2) is 12.2 Å². The Bertz CT molecular complexity index is 359. The smallest absolute Gasteiger partial charge is 0.330 e. The van der Waals surface area contributed by atoms with Gasteiger partial charge in [-0.25, -0.2) is 4.79 Å². The van der Waals surface area contributed by atoms with Gasteiger partial charge in [0.15, 0.2) is 0 Å². The number of carboxylic acid groups (broad SMARTS) is 1. The van der Waals surface area contributed by atoms with Crippen molar-refractivity contribution in [2.45, 2.75) is 45.4 Å². The highest BCUT2D eigenvalue weighted by atomic mass is 16.5. The van der Waals surface area contributed by atoms with Crippen molar-refractivity contribution in [1.29, 1.82) is 0 Å². The fraction of sp³-hybridized carbons (Fsp3) is 0.714. The van der Waals surface area contributed by atoms with Crippen molar-refractivity contribution in [2.75, 3.05) is 6.61 Å². The Morgan fingerprint density at radius 1 is 1.17 bits per heavy atom. The second kappa shape index (κ2) is 4.75. The van der Waals surface area contributed by atoms with Crippen molar-refractivity contribution in [3.63, 3.8) is 0 Å². The van der Waals surface area contributed by atoms with Crippen molar-refractivity contribution >= 4 is 11.9 Å². The largest absolute Gasteiger partial charge is 0.481 e. The van der Waals surface area contributed by atoms with Crippen LogP contribution in [-0.2, 0) is 14.3 Å². The molecule has 3 saturated carbocycles. The summed E-state index contributed by atoms with van der Waals surface area (Å²) in [5.41, 5.74) is -0.455. The molecule has 4 nitrogen and oxygen atoms in total. The summed E-state index contributed by atoms with van der Waals surface area (Å²) < 4.78 is 4.87. The van der Waals surface area contributed by atoms with E-state index in [4.69, 9.17) is 4.74 Å². The van der Waals surface area contributed by atoms with Gasteiger partial charge in [-0.05, 0) is 50.9 Å². The Kier molecular flexibility index (Phi) is 3.46. The number of hydrogen-bond donors (Lipinski definition) is 1. The molecule has 18 heavy (non-hydrogen) atoms. The van der Waals surface area contributed by atoms with Crippen LogP contribution >= 0.6 is 0 Å². The summed E-state index contributed by atoms with van der Waals surface area (Å²) in [6, 6.07) is 0. The first-order chi connectivity index (χ1) is 8.52. The van der Waals surface area contributed by atoms with Crippen LogP contribution in [0.25, 0.3) is 0 Å². The summed E-state index contributed by atoms with van der Waals surface area (Å²) in [6.45, 7) is 2.17. The summed E-state index contributed by atoms with van der Waals surface area (Å²) in [6.07, 6.45) is 8.28. The fourth-order valence-corrected chi connectivity index (χ4v) is 3.22. The quantitative estimate of drug-likeness (QED) is 0.617. The monoisotopic (exact) mass is 252 g/mol. The van der Waals surface area contributed by atoms with Gasteiger partial charge in [0.2, 0.25) is 0 Å². The van der Waals surface area contributed by atoms with Gasteiger partial charge in [0.05, 0.1) is 12.0 Å². The molecule has 0 aromatic carbocycles. The summed E-state index contributed by atoms with van der Waals surface area (Å²) in [4.78, 5) is 22.6. The third-order valence-corrected chi connectivity index (χ3v) is 4.62. The highest BCUT2D eigenvalue weighted by Gasteiger charge is 2.51. The molecule has 0 unspecified atom stereocenters. The maximum atomic E-state index is 11.3. The number of fused-ring (bicyclic) bond motifs is 3. The minimum absolute atomic E-state index is 0.0317. The van der Waals surface area contributed by atoms with E-state index in [9.17, 15) is 14.7 Å². The molecule has 1 N–H and O–H groups in total. The van der Waals surface area contributed by atoms with Gasteiger partial charge in [0.25, 0.3) is 0 Å². The number of hydrogen-bond acceptors (Lipinski definition) is 3. The SMILES string of the molecule is CCOC(=O)C=CC12CCC(C(=O)O)(CC1)CC2. The topological polar surface area (TPSA) is 63.6 Å². The summed E-state index contributed by atoms with van der Waals surface area (Å²) >= 11 is 0. The average molecular weight is 252 g/mol. The normalized spacial score (nSPS) is 34.7. The van der Waals surface area contributed by atoms with Gasteiger partial charge in [-0.3, -0.25) is 4.79 Å². The molecule has 0 aromatic rings. The molecule has 100 valence electrons. The number of ether oxygens (including phenoxy) is 1. The summed E-state index contributed by atoms with van der Waals surface area (Å²) in [5.74, 6) is -0.947. The van der Waals surface area contributed by atoms with Gasteiger partial charge in [-0.1, -0.05) is 6.08 Å². The van der Waals surface area contributed by atoms with Gasteiger partial charge < -0.3 is 9.84 Å². The van der Waals surface area contributed by atoms with E-state index in [1.54, 1.807) is 6.92 Å². The zero-order valence-electron chi connectivity index (χ0n) is 10.8. The van der Waals surface area contributed by atoms with E-state index in [0.29, 0.717) is 6.61 Å². The minimum Gasteiger partial charge on any atom is -0.481 e. The van der Waals surface area contributed by atoms with Gasteiger partial charge >= 0.3 is 11.9 Å². The van der Waals surface area contributed by atoms with Crippen molar-refractivity contribution in [1.82, 2.24) is 0 Å². The zero-order valence-corrected chi connectivity index (χ0v) is 10.8. The molecule has 0 amide bonds. The van der Waals surface area contributed by atoms with E-state index in [1.165, 1.54) is 6.08 Å². The van der Waals surface area contributed by atoms with E-state index in [1.807, 2.05) is 6.08 Å². The number of carbonyl (C=O) groups is 2. The zero-order chi connectivity index (χ0) is 13.2. The molecule has 3 aliphatic rings. The maximum absolute atomic E-state index is 11.3. The molecule has 3 rings (SSSR count). The molecule has 0 radical (unpaired) electrons. The van der Waals surface area contributed by atoms with Crippen LogP contribution in [0.2, 0.25) is 0 Å². The van der Waals surface area contributed by atoms with Crippen LogP contribution in [0.3, 0.4) is 0 Å². The van der Waals surface area contributed by atoms with Crippen LogP contribution < -0.4 is 0 Å². The summed E-state index contributed by atoms with van der Waals surface area (Å²) in [7, 11) is 0. The summed E-state index contributed by atoms with van der Waals surface area (Å²) in [5, 5.41) is 9.29. The van der Waals surface area contributed by atoms with E-state index in [0.717, 1.165) is 38.5 Å². The molecule has 0 aromatic heterocycles. The maximum Gasteiger partial charge on any atom is 0.330 e. The van der Waals surface area contributed by atoms with Crippen LogP contribution in [0.5, 0.6) is 0 Å². The van der Waals surface area contributed by atoms with Gasteiger partial charge in [0.1, 0.15) is 0 Å². The number of carboxylic acids is 1. The molecule has 3 aliphatic carbocycles. The Morgan fingerprint density at radius 3 is 2.17 bits per heavy atom.